The van der Waals surface area contributed by atoms with Gasteiger partial charge in [-0.05, 0) is 31.2 Å². The lowest BCUT2D eigenvalue weighted by molar-refractivity contribution is -0.120. The molecule has 2 amide bonds. The highest BCUT2D eigenvalue weighted by Gasteiger charge is 2.29. The van der Waals surface area contributed by atoms with E-state index in [-0.39, 0.29) is 24.6 Å². The third-order valence-electron chi connectivity index (χ3n) is 4.30. The highest BCUT2D eigenvalue weighted by molar-refractivity contribution is 6.01. The van der Waals surface area contributed by atoms with Gasteiger partial charge in [0.25, 0.3) is 5.91 Å². The topological polar surface area (TPSA) is 49.9 Å². The van der Waals surface area contributed by atoms with Crippen LogP contribution in [0.1, 0.15) is 15.9 Å². The lowest BCUT2D eigenvalue weighted by Crippen LogP contribution is -2.52. The number of piperazine rings is 1. The van der Waals surface area contributed by atoms with E-state index in [1.165, 1.54) is 4.90 Å². The van der Waals surface area contributed by atoms with E-state index in [1.54, 1.807) is 4.90 Å². The summed E-state index contributed by atoms with van der Waals surface area (Å²) in [5, 5.41) is 0. The molecule has 0 bridgehead atoms. The van der Waals surface area contributed by atoms with E-state index in [0.29, 0.717) is 6.54 Å². The number of methoxy groups -OCH3 is 1. The molecule has 1 saturated heterocycles. The maximum atomic E-state index is 13.8. The number of carbonyl (C=O) groups is 2. The van der Waals surface area contributed by atoms with E-state index in [4.69, 9.17) is 0 Å². The zero-order valence-corrected chi connectivity index (χ0v) is 14.5. The van der Waals surface area contributed by atoms with Crippen LogP contribution in [0.25, 0.3) is 0 Å². The molecule has 0 unspecified atom stereocenters. The molecule has 0 saturated carbocycles. The number of hydrogen-bond acceptors (Lipinski definition) is 3. The molecule has 3 rings (SSSR count). The number of halogens is 2. The van der Waals surface area contributed by atoms with Gasteiger partial charge in [-0.2, -0.15) is 0 Å². The summed E-state index contributed by atoms with van der Waals surface area (Å²) in [7, 11) is 1.14. The van der Waals surface area contributed by atoms with Crippen LogP contribution in [-0.2, 0) is 4.79 Å². The molecular weight excluding hydrogens is 342 g/mol. The third kappa shape index (κ3) is 3.37. The van der Waals surface area contributed by atoms with Crippen molar-refractivity contribution in [3.63, 3.8) is 0 Å². The first kappa shape index (κ1) is 17.8. The van der Waals surface area contributed by atoms with Gasteiger partial charge in [0.05, 0.1) is 7.11 Å². The smallest absolute Gasteiger partial charge is 0.254 e. The molecule has 1 aliphatic heterocycles. The number of rotatable bonds is 3. The van der Waals surface area contributed by atoms with Crippen LogP contribution in [0, 0.1) is 18.6 Å². The van der Waals surface area contributed by atoms with E-state index in [0.717, 1.165) is 30.5 Å². The number of nitrogens with zero attached hydrogens (tertiary/aromatic N) is 2. The molecule has 7 heteroatoms. The van der Waals surface area contributed by atoms with Crippen molar-refractivity contribution in [3.05, 3.63) is 59.2 Å². The first-order chi connectivity index (χ1) is 12.4. The first-order valence-electron chi connectivity index (χ1n) is 8.10. The number of ether oxygens (including phenoxy) is 1. The Labute approximate surface area is 149 Å². The summed E-state index contributed by atoms with van der Waals surface area (Å²) in [4.78, 5) is 27.8. The minimum atomic E-state index is -0.958. The first-order valence-corrected chi connectivity index (χ1v) is 8.10. The molecule has 0 atom stereocenters. The Morgan fingerprint density at radius 1 is 1.08 bits per heavy atom. The van der Waals surface area contributed by atoms with E-state index in [2.05, 4.69) is 4.74 Å². The van der Waals surface area contributed by atoms with E-state index < -0.39 is 23.3 Å². The van der Waals surface area contributed by atoms with Crippen molar-refractivity contribution in [2.24, 2.45) is 0 Å². The molecule has 0 N–H and O–H groups in total. The third-order valence-corrected chi connectivity index (χ3v) is 4.30. The van der Waals surface area contributed by atoms with Crippen LogP contribution in [0.3, 0.4) is 0 Å². The van der Waals surface area contributed by atoms with Crippen LogP contribution < -0.4 is 9.64 Å². The van der Waals surface area contributed by atoms with Gasteiger partial charge >= 0.3 is 0 Å². The molecule has 2 aromatic rings. The summed E-state index contributed by atoms with van der Waals surface area (Å²) in [6.45, 7) is 2.39. The fraction of sp³-hybridized carbons (Fsp3) is 0.263. The van der Waals surface area contributed by atoms with Crippen molar-refractivity contribution >= 4 is 17.5 Å². The maximum Gasteiger partial charge on any atom is 0.254 e. The van der Waals surface area contributed by atoms with Gasteiger partial charge in [-0.1, -0.05) is 17.7 Å². The van der Waals surface area contributed by atoms with Gasteiger partial charge in [-0.25, -0.2) is 8.78 Å². The van der Waals surface area contributed by atoms with Gasteiger partial charge in [0, 0.05) is 24.3 Å². The number of anilines is 1. The minimum Gasteiger partial charge on any atom is -0.491 e. The quantitative estimate of drug-likeness (QED) is 0.846. The van der Waals surface area contributed by atoms with Crippen LogP contribution in [0.5, 0.6) is 5.75 Å². The molecule has 0 aliphatic carbocycles. The Bertz CT molecular complexity index is 829. The molecule has 136 valence electrons. The van der Waals surface area contributed by atoms with Gasteiger partial charge in [0.2, 0.25) is 5.91 Å². The summed E-state index contributed by atoms with van der Waals surface area (Å²) < 4.78 is 32.2. The number of benzene rings is 2. The SMILES string of the molecule is COc1c(F)cc(C(=O)N2CCN(c3ccc(C)cc3)C(=O)C2)cc1F. The summed E-state index contributed by atoms with van der Waals surface area (Å²) in [6, 6.07) is 9.34. The van der Waals surface area contributed by atoms with Crippen LogP contribution in [0.15, 0.2) is 36.4 Å². The highest BCUT2D eigenvalue weighted by Crippen LogP contribution is 2.24. The summed E-state index contributed by atoms with van der Waals surface area (Å²) in [6.07, 6.45) is 0. The number of aryl methyl sites for hydroxylation is 1. The average molecular weight is 360 g/mol. The second kappa shape index (κ2) is 7.11. The van der Waals surface area contributed by atoms with Crippen LogP contribution in [0.4, 0.5) is 14.5 Å². The molecule has 0 aromatic heterocycles. The molecule has 1 heterocycles. The molecule has 0 spiro atoms. The normalized spacial score (nSPS) is 14.5. The maximum absolute atomic E-state index is 13.8. The molecule has 1 fully saturated rings. The zero-order chi connectivity index (χ0) is 18.8. The fourth-order valence-corrected chi connectivity index (χ4v) is 2.91. The Morgan fingerprint density at radius 3 is 2.23 bits per heavy atom. The van der Waals surface area contributed by atoms with Gasteiger partial charge in [-0.3, -0.25) is 9.59 Å². The van der Waals surface area contributed by atoms with E-state index in [1.807, 2.05) is 31.2 Å². The minimum absolute atomic E-state index is 0.151. The average Bonchev–Trinajstić information content (AvgIpc) is 2.61. The Balaban J connectivity index is 1.75. The standard InChI is InChI=1S/C19H18F2N2O3/c1-12-3-5-14(6-4-12)23-8-7-22(11-17(23)24)19(25)13-9-15(20)18(26-2)16(21)10-13/h3-6,9-10H,7-8,11H2,1-2H3. The summed E-state index contributed by atoms with van der Waals surface area (Å²) in [5.74, 6) is -3.30. The van der Waals surface area contributed by atoms with Gasteiger partial charge in [0.1, 0.15) is 6.54 Å². The van der Waals surface area contributed by atoms with Crippen molar-refractivity contribution in [2.45, 2.75) is 6.92 Å². The molecule has 5 nitrogen and oxygen atoms in total. The predicted octanol–water partition coefficient (Wildman–Crippen LogP) is 2.77. The van der Waals surface area contributed by atoms with E-state index in [9.17, 15) is 18.4 Å². The Kier molecular flexibility index (Phi) is 4.88. The number of carbonyl (C=O) groups excluding carboxylic acids is 2. The van der Waals surface area contributed by atoms with Gasteiger partial charge in [0.15, 0.2) is 17.4 Å². The van der Waals surface area contributed by atoms with Crippen molar-refractivity contribution in [1.82, 2.24) is 4.90 Å². The lowest BCUT2D eigenvalue weighted by Gasteiger charge is -2.34. The van der Waals surface area contributed by atoms with Gasteiger partial charge in [-0.15, -0.1) is 0 Å². The van der Waals surface area contributed by atoms with Gasteiger partial charge < -0.3 is 14.5 Å². The van der Waals surface area contributed by atoms with Crippen molar-refractivity contribution in [1.29, 1.82) is 0 Å². The Hall–Kier alpha value is -2.96. The van der Waals surface area contributed by atoms with Crippen molar-refractivity contribution < 1.29 is 23.1 Å². The summed E-state index contributed by atoms with van der Waals surface area (Å²) >= 11 is 0. The second-order valence-electron chi connectivity index (χ2n) is 6.08. The van der Waals surface area contributed by atoms with Crippen LogP contribution >= 0.6 is 0 Å². The molecule has 2 aromatic carbocycles. The molecule has 26 heavy (non-hydrogen) atoms. The molecular formula is C19H18F2N2O3. The fourth-order valence-electron chi connectivity index (χ4n) is 2.91. The largest absolute Gasteiger partial charge is 0.491 e. The molecule has 1 aliphatic rings. The number of hydrogen-bond donors (Lipinski definition) is 0. The van der Waals surface area contributed by atoms with Crippen molar-refractivity contribution in [2.75, 3.05) is 31.6 Å². The van der Waals surface area contributed by atoms with Crippen molar-refractivity contribution in [3.8, 4) is 5.75 Å². The van der Waals surface area contributed by atoms with E-state index >= 15 is 0 Å². The second-order valence-corrected chi connectivity index (χ2v) is 6.08. The monoisotopic (exact) mass is 360 g/mol. The summed E-state index contributed by atoms with van der Waals surface area (Å²) in [5.41, 5.74) is 1.69. The highest BCUT2D eigenvalue weighted by atomic mass is 19.1. The lowest BCUT2D eigenvalue weighted by atomic mass is 10.1. The zero-order valence-electron chi connectivity index (χ0n) is 14.5. The van der Waals surface area contributed by atoms with Crippen LogP contribution in [-0.4, -0.2) is 43.5 Å². The number of amides is 2. The molecule has 0 radical (unpaired) electrons. The Morgan fingerprint density at radius 2 is 1.69 bits per heavy atom. The predicted molar refractivity (Wildman–Crippen MR) is 92.3 cm³/mol. The van der Waals surface area contributed by atoms with Crippen LogP contribution in [0.2, 0.25) is 0 Å².